The van der Waals surface area contributed by atoms with Crippen molar-refractivity contribution < 1.29 is 14.2 Å². The molecule has 2 saturated heterocycles. The minimum atomic E-state index is -0.230. The maximum atomic E-state index is 13.2. The molecule has 2 fully saturated rings. The van der Waals surface area contributed by atoms with Crippen LogP contribution in [0.1, 0.15) is 13.8 Å². The summed E-state index contributed by atoms with van der Waals surface area (Å²) in [7, 11) is 0. The number of fused-ring (bicyclic) bond motifs is 1. The molecule has 0 amide bonds. The molecule has 0 N–H and O–H groups in total. The Morgan fingerprint density at radius 2 is 1.51 bits per heavy atom. The summed E-state index contributed by atoms with van der Waals surface area (Å²) in [4.78, 5) is 22.4. The van der Waals surface area contributed by atoms with Crippen molar-refractivity contribution in [2.75, 3.05) is 81.9 Å². The molecule has 0 saturated carbocycles. The summed E-state index contributed by atoms with van der Waals surface area (Å²) in [5.74, 6) is 2.53. The van der Waals surface area contributed by atoms with Crippen LogP contribution in [0.25, 0.3) is 0 Å². The fraction of sp³-hybridized carbons (Fsp3) is 0.500. The van der Waals surface area contributed by atoms with Gasteiger partial charge in [-0.3, -0.25) is 14.6 Å². The number of nitrogens with zero attached hydrogens (tertiary/aromatic N) is 6. The van der Waals surface area contributed by atoms with E-state index < -0.39 is 0 Å². The van der Waals surface area contributed by atoms with Crippen LogP contribution in [0.2, 0.25) is 5.02 Å². The zero-order valence-corrected chi connectivity index (χ0v) is 25.8. The third-order valence-electron chi connectivity index (χ3n) is 8.28. The SMILES string of the molecule is CC(C)Oc1ccccc1N1CCN(CCn2ncc(N3CCN(CC4COc5ccccc5O4)CC3)c(Cl)c2=O)CC1. The molecule has 0 spiro atoms. The minimum Gasteiger partial charge on any atom is -0.489 e. The first kappa shape index (κ1) is 29.6. The predicted molar refractivity (Wildman–Crippen MR) is 169 cm³/mol. The average molecular weight is 609 g/mol. The smallest absolute Gasteiger partial charge is 0.287 e. The predicted octanol–water partition coefficient (Wildman–Crippen LogP) is 3.47. The second-order valence-corrected chi connectivity index (χ2v) is 12.0. The molecule has 11 heteroatoms. The molecule has 0 aliphatic carbocycles. The molecule has 1 unspecified atom stereocenters. The summed E-state index contributed by atoms with van der Waals surface area (Å²) in [6.45, 7) is 13.5. The molecule has 3 aliphatic rings. The molecular weight excluding hydrogens is 568 g/mol. The number of aromatic nitrogens is 2. The second kappa shape index (κ2) is 13.4. The number of rotatable bonds is 9. The van der Waals surface area contributed by atoms with Gasteiger partial charge in [-0.1, -0.05) is 35.9 Å². The highest BCUT2D eigenvalue weighted by Gasteiger charge is 2.27. The van der Waals surface area contributed by atoms with Gasteiger partial charge in [-0.25, -0.2) is 4.68 Å². The molecule has 10 nitrogen and oxygen atoms in total. The number of anilines is 2. The number of halogens is 1. The Balaban J connectivity index is 0.976. The average Bonchev–Trinajstić information content (AvgIpc) is 3.03. The highest BCUT2D eigenvalue weighted by atomic mass is 35.5. The number of para-hydroxylation sites is 4. The van der Waals surface area contributed by atoms with Crippen molar-refractivity contribution >= 4 is 23.0 Å². The van der Waals surface area contributed by atoms with Gasteiger partial charge in [-0.2, -0.15) is 5.10 Å². The molecule has 230 valence electrons. The highest BCUT2D eigenvalue weighted by Crippen LogP contribution is 2.32. The Hall–Kier alpha value is -3.47. The van der Waals surface area contributed by atoms with Crippen LogP contribution in [0.5, 0.6) is 17.2 Å². The maximum Gasteiger partial charge on any atom is 0.287 e. The van der Waals surface area contributed by atoms with Crippen LogP contribution in [0.4, 0.5) is 11.4 Å². The van der Waals surface area contributed by atoms with E-state index in [1.807, 2.05) is 50.2 Å². The Morgan fingerprint density at radius 3 is 2.26 bits per heavy atom. The van der Waals surface area contributed by atoms with E-state index in [2.05, 4.69) is 36.8 Å². The van der Waals surface area contributed by atoms with Gasteiger partial charge in [0.15, 0.2) is 11.5 Å². The highest BCUT2D eigenvalue weighted by molar-refractivity contribution is 6.33. The third-order valence-corrected chi connectivity index (χ3v) is 8.63. The summed E-state index contributed by atoms with van der Waals surface area (Å²) in [5.41, 5.74) is 1.62. The quantitative estimate of drug-likeness (QED) is 0.363. The van der Waals surface area contributed by atoms with Gasteiger partial charge in [0.25, 0.3) is 5.56 Å². The molecule has 0 bridgehead atoms. The van der Waals surface area contributed by atoms with E-state index in [-0.39, 0.29) is 22.8 Å². The van der Waals surface area contributed by atoms with Crippen molar-refractivity contribution in [1.29, 1.82) is 0 Å². The van der Waals surface area contributed by atoms with Crippen LogP contribution in [0.15, 0.2) is 59.5 Å². The van der Waals surface area contributed by atoms with Gasteiger partial charge in [0.1, 0.15) is 23.5 Å². The van der Waals surface area contributed by atoms with Gasteiger partial charge in [0, 0.05) is 65.4 Å². The number of hydrogen-bond donors (Lipinski definition) is 0. The van der Waals surface area contributed by atoms with Gasteiger partial charge in [0.05, 0.1) is 30.2 Å². The van der Waals surface area contributed by atoms with Crippen molar-refractivity contribution in [2.24, 2.45) is 0 Å². The topological polar surface area (TPSA) is 75.5 Å². The van der Waals surface area contributed by atoms with E-state index in [4.69, 9.17) is 25.8 Å². The Morgan fingerprint density at radius 1 is 0.860 bits per heavy atom. The summed E-state index contributed by atoms with van der Waals surface area (Å²) < 4.78 is 19.5. The van der Waals surface area contributed by atoms with Crippen LogP contribution in [0, 0.1) is 0 Å². The molecule has 43 heavy (non-hydrogen) atoms. The summed E-state index contributed by atoms with van der Waals surface area (Å²) >= 11 is 6.63. The first-order chi connectivity index (χ1) is 20.9. The zero-order valence-electron chi connectivity index (χ0n) is 25.0. The van der Waals surface area contributed by atoms with Gasteiger partial charge < -0.3 is 24.0 Å². The fourth-order valence-electron chi connectivity index (χ4n) is 5.97. The van der Waals surface area contributed by atoms with Crippen LogP contribution >= 0.6 is 11.6 Å². The lowest BCUT2D eigenvalue weighted by Crippen LogP contribution is -2.51. The third kappa shape index (κ3) is 7.03. The van der Waals surface area contributed by atoms with Gasteiger partial charge in [-0.15, -0.1) is 0 Å². The number of hydrogen-bond acceptors (Lipinski definition) is 9. The van der Waals surface area contributed by atoms with Crippen molar-refractivity contribution in [3.8, 4) is 17.2 Å². The van der Waals surface area contributed by atoms with E-state index in [1.165, 1.54) is 4.68 Å². The molecule has 1 aromatic heterocycles. The van der Waals surface area contributed by atoms with E-state index in [1.54, 1.807) is 6.20 Å². The van der Waals surface area contributed by atoms with E-state index >= 15 is 0 Å². The Kier molecular flexibility index (Phi) is 9.25. The Labute approximate surface area is 258 Å². The van der Waals surface area contributed by atoms with Crippen LogP contribution < -0.4 is 29.6 Å². The van der Waals surface area contributed by atoms with Crippen molar-refractivity contribution in [3.05, 3.63) is 70.1 Å². The number of ether oxygens (including phenoxy) is 3. The Bertz CT molecular complexity index is 1440. The van der Waals surface area contributed by atoms with Crippen LogP contribution in [-0.4, -0.2) is 104 Å². The second-order valence-electron chi connectivity index (χ2n) is 11.6. The van der Waals surface area contributed by atoms with E-state index in [9.17, 15) is 4.79 Å². The largest absolute Gasteiger partial charge is 0.489 e. The molecule has 0 radical (unpaired) electrons. The summed E-state index contributed by atoms with van der Waals surface area (Å²) in [5, 5.41) is 4.75. The van der Waals surface area contributed by atoms with Gasteiger partial charge >= 0.3 is 0 Å². The van der Waals surface area contributed by atoms with Crippen molar-refractivity contribution in [2.45, 2.75) is 32.6 Å². The minimum absolute atomic E-state index is 0.00619. The summed E-state index contributed by atoms with van der Waals surface area (Å²) in [6, 6.07) is 16.0. The molecule has 3 aliphatic heterocycles. The molecule has 2 aromatic carbocycles. The molecular formula is C32H41ClN6O4. The van der Waals surface area contributed by atoms with Crippen molar-refractivity contribution in [3.63, 3.8) is 0 Å². The van der Waals surface area contributed by atoms with Crippen molar-refractivity contribution in [1.82, 2.24) is 19.6 Å². The monoisotopic (exact) mass is 608 g/mol. The zero-order chi connectivity index (χ0) is 29.8. The standard InChI is InChI=1S/C32H41ClN6O4/c1-24(2)42-28-8-4-3-7-26(28)37-16-11-35(12-17-37)15-20-39-32(40)31(33)27(21-34-39)38-18-13-36(14-19-38)22-25-23-41-29-9-5-6-10-30(29)43-25/h3-10,21,24-25H,11-20,22-23H2,1-2H3. The first-order valence-corrected chi connectivity index (χ1v) is 15.7. The fourth-order valence-corrected chi connectivity index (χ4v) is 6.23. The number of benzene rings is 2. The molecule has 6 rings (SSSR count). The van der Waals surface area contributed by atoms with Gasteiger partial charge in [-0.05, 0) is 38.1 Å². The molecule has 3 aromatic rings. The normalized spacial score (nSPS) is 19.6. The van der Waals surface area contributed by atoms with Crippen LogP contribution in [0.3, 0.4) is 0 Å². The van der Waals surface area contributed by atoms with Gasteiger partial charge in [0.2, 0.25) is 0 Å². The van der Waals surface area contributed by atoms with E-state index in [0.29, 0.717) is 18.8 Å². The summed E-state index contributed by atoms with van der Waals surface area (Å²) in [6.07, 6.45) is 1.87. The van der Waals surface area contributed by atoms with Crippen LogP contribution in [-0.2, 0) is 6.54 Å². The molecule has 1 atom stereocenters. The van der Waals surface area contributed by atoms with E-state index in [0.717, 1.165) is 88.4 Å². The maximum absolute atomic E-state index is 13.2. The molecule has 4 heterocycles. The first-order valence-electron chi connectivity index (χ1n) is 15.3. The lowest BCUT2D eigenvalue weighted by molar-refractivity contribution is 0.0571. The lowest BCUT2D eigenvalue weighted by atomic mass is 10.2. The number of piperazine rings is 2. The lowest BCUT2D eigenvalue weighted by Gasteiger charge is -2.38.